The Morgan fingerprint density at radius 1 is 1.04 bits per heavy atom. The predicted molar refractivity (Wildman–Crippen MR) is 109 cm³/mol. The summed E-state index contributed by atoms with van der Waals surface area (Å²) in [4.78, 5) is 0. The Bertz CT molecular complexity index is 398. The van der Waals surface area contributed by atoms with Gasteiger partial charge in [0.1, 0.15) is 7.34 Å². The molecule has 0 spiro atoms. The van der Waals surface area contributed by atoms with E-state index in [0.717, 1.165) is 18.0 Å². The summed E-state index contributed by atoms with van der Waals surface area (Å²) in [5.41, 5.74) is 0. The van der Waals surface area contributed by atoms with Crippen LogP contribution >= 0.6 is 7.34 Å². The maximum atomic E-state index is 10.3. The summed E-state index contributed by atoms with van der Waals surface area (Å²) in [7, 11) is -0.582. The molecule has 0 amide bonds. The van der Waals surface area contributed by atoms with Gasteiger partial charge >= 0.3 is 0 Å². The number of hydrogen-bond acceptors (Lipinski definition) is 4. The van der Waals surface area contributed by atoms with E-state index in [2.05, 4.69) is 19.6 Å². The molecule has 2 radical (unpaired) electrons. The Kier molecular flexibility index (Phi) is 22.6. The minimum Gasteiger partial charge on any atom is -0.427 e. The van der Waals surface area contributed by atoms with Crippen LogP contribution in [0.15, 0.2) is 0 Å². The van der Waals surface area contributed by atoms with E-state index < -0.39 is 13.4 Å². The van der Waals surface area contributed by atoms with E-state index in [-0.39, 0.29) is 83.4 Å². The molecule has 0 fully saturated rings. The van der Waals surface area contributed by atoms with Crippen LogP contribution in [0, 0.1) is 36.5 Å². The van der Waals surface area contributed by atoms with Crippen LogP contribution in [0.3, 0.4) is 0 Å². The van der Waals surface area contributed by atoms with Crippen molar-refractivity contribution < 1.29 is 84.3 Å². The van der Waals surface area contributed by atoms with Crippen molar-refractivity contribution in [3.05, 3.63) is 24.7 Å². The van der Waals surface area contributed by atoms with Gasteiger partial charge in [-0.3, -0.25) is 11.8 Å². The van der Waals surface area contributed by atoms with Gasteiger partial charge in [-0.2, -0.15) is 39.5 Å². The first-order valence-corrected chi connectivity index (χ1v) is 11.1. The molecule has 0 saturated heterocycles. The molecule has 0 bridgehead atoms. The monoisotopic (exact) mass is 552 g/mol. The minimum atomic E-state index is -2.27. The average molecular weight is 552 g/mol. The van der Waals surface area contributed by atoms with E-state index in [0.29, 0.717) is 13.2 Å². The van der Waals surface area contributed by atoms with Gasteiger partial charge in [0.15, 0.2) is 0 Å². The van der Waals surface area contributed by atoms with Gasteiger partial charge in [-0.15, -0.1) is 0 Å². The summed E-state index contributed by atoms with van der Waals surface area (Å²) in [5, 5.41) is 10.3. The predicted octanol–water partition coefficient (Wildman–Crippen LogP) is 4.60. The van der Waals surface area contributed by atoms with E-state index >= 15 is 0 Å². The molecule has 4 nitrogen and oxygen atoms in total. The standard InChI is InChI=1S/C20H39O4P.2Y/c1-10-15(4)19(21)17(6)14-23-25(9,12-3)24-20(16(5)11-2)18(7)13-22-8;;/h10-11,15-16,19-21H,9,12-14H2,1-8H3;;/q-4;;. The SMILES string of the molecule is C=P(CC)(OC[C-](C)C(O)C(C)[CH-]C)OC([C-](C)COC)C(C)[CH-]C.[Y].[Y]. The van der Waals surface area contributed by atoms with Crippen LogP contribution in [-0.2, 0) is 79.2 Å². The summed E-state index contributed by atoms with van der Waals surface area (Å²) < 4.78 is 17.8. The van der Waals surface area contributed by atoms with Gasteiger partial charge in [-0.1, -0.05) is 52.5 Å². The topological polar surface area (TPSA) is 47.9 Å². The van der Waals surface area contributed by atoms with Crippen LogP contribution in [0.1, 0.15) is 48.5 Å². The number of ether oxygens (including phenoxy) is 1. The zero-order chi connectivity index (χ0) is 19.6. The van der Waals surface area contributed by atoms with Crippen molar-refractivity contribution in [3.63, 3.8) is 0 Å². The van der Waals surface area contributed by atoms with E-state index in [4.69, 9.17) is 13.8 Å². The molecule has 158 valence electrons. The molecule has 0 rings (SSSR count). The Hall–Kier alpha value is 2.35. The second-order valence-corrected chi connectivity index (χ2v) is 9.62. The van der Waals surface area contributed by atoms with Crippen LogP contribution in [0.25, 0.3) is 0 Å². The van der Waals surface area contributed by atoms with E-state index in [9.17, 15) is 5.11 Å². The number of rotatable bonds is 14. The fraction of sp³-hybridized carbons (Fsp3) is 0.750. The molecule has 0 aliphatic heterocycles. The molecular formula is C20H39O4PY2-4. The molecule has 27 heavy (non-hydrogen) atoms. The first kappa shape index (κ1) is 34.0. The summed E-state index contributed by atoms with van der Waals surface area (Å²) in [6.45, 7) is 15.0. The smallest absolute Gasteiger partial charge is 0.111 e. The molecule has 1 N–H and O–H groups in total. The molecule has 0 aromatic heterocycles. The quantitative estimate of drug-likeness (QED) is 0.253. The van der Waals surface area contributed by atoms with Crippen LogP contribution < -0.4 is 0 Å². The maximum Gasteiger partial charge on any atom is 0.111 e. The Morgan fingerprint density at radius 3 is 1.96 bits per heavy atom. The minimum absolute atomic E-state index is 0. The van der Waals surface area contributed by atoms with Crippen molar-refractivity contribution in [1.82, 2.24) is 0 Å². The van der Waals surface area contributed by atoms with Crippen molar-refractivity contribution >= 4 is 13.6 Å². The molecule has 5 atom stereocenters. The van der Waals surface area contributed by atoms with Gasteiger partial charge in [0, 0.05) is 78.7 Å². The molecule has 0 aromatic carbocycles. The first-order chi connectivity index (χ1) is 11.7. The zero-order valence-electron chi connectivity index (χ0n) is 18.6. The fourth-order valence-electron chi connectivity index (χ4n) is 2.46. The molecule has 0 aliphatic rings. The molecule has 0 heterocycles. The van der Waals surface area contributed by atoms with Crippen LogP contribution in [0.5, 0.6) is 0 Å². The van der Waals surface area contributed by atoms with E-state index in [1.54, 1.807) is 7.11 Å². The van der Waals surface area contributed by atoms with Crippen LogP contribution in [-0.4, -0.2) is 50.1 Å². The second-order valence-electron chi connectivity index (χ2n) is 6.89. The zero-order valence-corrected chi connectivity index (χ0v) is 25.1. The van der Waals surface area contributed by atoms with Crippen LogP contribution in [0.4, 0.5) is 0 Å². The Morgan fingerprint density at radius 2 is 1.56 bits per heavy atom. The third kappa shape index (κ3) is 12.7. The molecule has 7 heteroatoms. The Balaban J connectivity index is -0.00000288. The largest absolute Gasteiger partial charge is 0.427 e. The van der Waals surface area contributed by atoms with Gasteiger partial charge in [0.05, 0.1) is 0 Å². The average Bonchev–Trinajstić information content (AvgIpc) is 2.62. The normalized spacial score (nSPS) is 18.2. The summed E-state index contributed by atoms with van der Waals surface area (Å²) >= 11 is 0. The molecular weight excluding hydrogens is 513 g/mol. The summed E-state index contributed by atoms with van der Waals surface area (Å²) in [5.74, 6) is 2.38. The Labute approximate surface area is 219 Å². The summed E-state index contributed by atoms with van der Waals surface area (Å²) in [6.07, 6.45) is 8.54. The second kappa shape index (κ2) is 18.0. The van der Waals surface area contributed by atoms with Crippen molar-refractivity contribution in [1.29, 1.82) is 0 Å². The van der Waals surface area contributed by atoms with Gasteiger partial charge in [-0.05, 0) is 0 Å². The van der Waals surface area contributed by atoms with E-state index in [1.807, 2.05) is 48.0 Å². The van der Waals surface area contributed by atoms with Gasteiger partial charge in [0.2, 0.25) is 0 Å². The summed E-state index contributed by atoms with van der Waals surface area (Å²) in [6, 6.07) is 0. The van der Waals surface area contributed by atoms with Crippen molar-refractivity contribution in [3.8, 4) is 0 Å². The molecule has 5 unspecified atom stereocenters. The first-order valence-electron chi connectivity index (χ1n) is 9.11. The van der Waals surface area contributed by atoms with E-state index in [1.165, 1.54) is 0 Å². The number of aliphatic hydroxyl groups excluding tert-OH is 1. The number of methoxy groups -OCH3 is 1. The molecule has 0 aromatic rings. The maximum absolute atomic E-state index is 10.3. The number of aliphatic hydroxyl groups is 1. The van der Waals surface area contributed by atoms with Crippen molar-refractivity contribution in [2.45, 2.75) is 60.7 Å². The van der Waals surface area contributed by atoms with Gasteiger partial charge in [-0.25, -0.2) is 0 Å². The van der Waals surface area contributed by atoms with Gasteiger partial charge in [0.25, 0.3) is 0 Å². The third-order valence-corrected chi connectivity index (χ3v) is 6.88. The number of hydrogen-bond donors (Lipinski definition) is 1. The molecule has 0 aliphatic carbocycles. The van der Waals surface area contributed by atoms with Crippen molar-refractivity contribution in [2.75, 3.05) is 26.5 Å². The fourth-order valence-corrected chi connectivity index (χ4v) is 4.08. The van der Waals surface area contributed by atoms with Crippen LogP contribution in [0.2, 0.25) is 0 Å². The van der Waals surface area contributed by atoms with Crippen molar-refractivity contribution in [2.24, 2.45) is 11.8 Å². The third-order valence-electron chi connectivity index (χ3n) is 4.70. The molecule has 0 saturated carbocycles. The van der Waals surface area contributed by atoms with Gasteiger partial charge < -0.3 is 31.7 Å².